The fourth-order valence-corrected chi connectivity index (χ4v) is 2.52. The molecule has 0 spiro atoms. The molecule has 4 nitrogen and oxygen atoms in total. The highest BCUT2D eigenvalue weighted by molar-refractivity contribution is 6.05. The van der Waals surface area contributed by atoms with Crippen LogP contribution in [0.25, 0.3) is 0 Å². The summed E-state index contributed by atoms with van der Waals surface area (Å²) < 4.78 is 0. The van der Waals surface area contributed by atoms with Crippen molar-refractivity contribution < 1.29 is 9.59 Å². The fraction of sp³-hybridized carbons (Fsp3) is 0.0909. The summed E-state index contributed by atoms with van der Waals surface area (Å²) in [4.78, 5) is 24.4. The number of rotatable bonds is 5. The van der Waals surface area contributed by atoms with Crippen LogP contribution in [0.2, 0.25) is 0 Å². The van der Waals surface area contributed by atoms with Gasteiger partial charge in [0.25, 0.3) is 11.8 Å². The lowest BCUT2D eigenvalue weighted by molar-refractivity contribution is 0.101. The van der Waals surface area contributed by atoms with Gasteiger partial charge in [0.2, 0.25) is 0 Å². The Hall–Kier alpha value is -3.40. The first kappa shape index (κ1) is 17.4. The number of carbonyl (C=O) groups is 2. The number of nitrogens with one attached hydrogen (secondary N) is 2. The molecule has 0 atom stereocenters. The van der Waals surface area contributed by atoms with Gasteiger partial charge in [-0.1, -0.05) is 37.3 Å². The first-order chi connectivity index (χ1) is 12.7. The quantitative estimate of drug-likeness (QED) is 0.701. The molecule has 0 aliphatic heterocycles. The van der Waals surface area contributed by atoms with E-state index in [2.05, 4.69) is 17.6 Å². The van der Waals surface area contributed by atoms with E-state index in [0.717, 1.165) is 6.42 Å². The van der Waals surface area contributed by atoms with Crippen molar-refractivity contribution in [2.24, 2.45) is 0 Å². The lowest BCUT2D eigenvalue weighted by atomic mass is 10.1. The molecule has 0 saturated carbocycles. The minimum absolute atomic E-state index is 0.159. The van der Waals surface area contributed by atoms with E-state index >= 15 is 0 Å². The molecule has 3 aromatic carbocycles. The normalized spacial score (nSPS) is 10.2. The van der Waals surface area contributed by atoms with E-state index in [0.29, 0.717) is 22.5 Å². The maximum Gasteiger partial charge on any atom is 0.255 e. The summed E-state index contributed by atoms with van der Waals surface area (Å²) in [7, 11) is 0. The summed E-state index contributed by atoms with van der Waals surface area (Å²) in [6.45, 7) is 2.08. The minimum Gasteiger partial charge on any atom is -0.322 e. The highest BCUT2D eigenvalue weighted by Gasteiger charge is 2.07. The largest absolute Gasteiger partial charge is 0.322 e. The fourth-order valence-electron chi connectivity index (χ4n) is 2.52. The molecule has 2 N–H and O–H groups in total. The molecule has 0 aliphatic carbocycles. The monoisotopic (exact) mass is 344 g/mol. The third-order valence-electron chi connectivity index (χ3n) is 4.06. The van der Waals surface area contributed by atoms with Crippen molar-refractivity contribution in [1.82, 2.24) is 0 Å². The molecule has 0 bridgehead atoms. The predicted octanol–water partition coefficient (Wildman–Crippen LogP) is 4.75. The molecule has 2 amide bonds. The lowest BCUT2D eigenvalue weighted by Crippen LogP contribution is -2.13. The molecule has 0 unspecified atom stereocenters. The summed E-state index contributed by atoms with van der Waals surface area (Å²) in [5, 5.41) is 5.69. The van der Waals surface area contributed by atoms with Crippen molar-refractivity contribution in [1.29, 1.82) is 0 Å². The van der Waals surface area contributed by atoms with Crippen LogP contribution in [0.15, 0.2) is 78.9 Å². The van der Waals surface area contributed by atoms with E-state index in [1.165, 1.54) is 5.56 Å². The maximum atomic E-state index is 12.3. The molecule has 0 heterocycles. The molecule has 0 fully saturated rings. The maximum absolute atomic E-state index is 12.3. The van der Waals surface area contributed by atoms with Gasteiger partial charge in [-0.25, -0.2) is 0 Å². The highest BCUT2D eigenvalue weighted by atomic mass is 16.2. The van der Waals surface area contributed by atoms with Crippen LogP contribution in [0.4, 0.5) is 11.4 Å². The van der Waals surface area contributed by atoms with Crippen LogP contribution >= 0.6 is 0 Å². The molecule has 4 heteroatoms. The van der Waals surface area contributed by atoms with Crippen molar-refractivity contribution in [2.45, 2.75) is 13.3 Å². The zero-order chi connectivity index (χ0) is 18.4. The average molecular weight is 344 g/mol. The third kappa shape index (κ3) is 4.36. The van der Waals surface area contributed by atoms with Gasteiger partial charge >= 0.3 is 0 Å². The van der Waals surface area contributed by atoms with Crippen LogP contribution in [0.3, 0.4) is 0 Å². The van der Waals surface area contributed by atoms with E-state index in [9.17, 15) is 9.59 Å². The van der Waals surface area contributed by atoms with Gasteiger partial charge in [0, 0.05) is 22.5 Å². The lowest BCUT2D eigenvalue weighted by Gasteiger charge is -2.08. The van der Waals surface area contributed by atoms with Crippen LogP contribution < -0.4 is 10.6 Å². The SMILES string of the molecule is CCc1ccc(C(=O)Nc2ccc(NC(=O)c3ccccc3)cc2)cc1. The topological polar surface area (TPSA) is 58.2 Å². The van der Waals surface area contributed by atoms with E-state index in [4.69, 9.17) is 0 Å². The zero-order valence-electron chi connectivity index (χ0n) is 14.5. The van der Waals surface area contributed by atoms with Gasteiger partial charge < -0.3 is 10.6 Å². The predicted molar refractivity (Wildman–Crippen MR) is 105 cm³/mol. The van der Waals surface area contributed by atoms with Crippen LogP contribution in [0.1, 0.15) is 33.2 Å². The Kier molecular flexibility index (Phi) is 5.44. The Balaban J connectivity index is 1.62. The first-order valence-corrected chi connectivity index (χ1v) is 8.52. The van der Waals surface area contributed by atoms with Gasteiger partial charge in [-0.15, -0.1) is 0 Å². The highest BCUT2D eigenvalue weighted by Crippen LogP contribution is 2.16. The Morgan fingerprint density at radius 1 is 0.654 bits per heavy atom. The van der Waals surface area contributed by atoms with Crippen molar-refractivity contribution >= 4 is 23.2 Å². The van der Waals surface area contributed by atoms with Crippen LogP contribution in [0.5, 0.6) is 0 Å². The molecule has 0 aliphatic rings. The molecule has 0 saturated heterocycles. The molecule has 3 aromatic rings. The van der Waals surface area contributed by atoms with Crippen molar-refractivity contribution in [3.05, 3.63) is 95.6 Å². The summed E-state index contributed by atoms with van der Waals surface area (Å²) in [5.41, 5.74) is 3.75. The molecular weight excluding hydrogens is 324 g/mol. The van der Waals surface area contributed by atoms with Gasteiger partial charge in [-0.2, -0.15) is 0 Å². The van der Waals surface area contributed by atoms with Crippen molar-refractivity contribution in [3.8, 4) is 0 Å². The van der Waals surface area contributed by atoms with Gasteiger partial charge in [0.05, 0.1) is 0 Å². The van der Waals surface area contributed by atoms with E-state index < -0.39 is 0 Å². The van der Waals surface area contributed by atoms with Gasteiger partial charge in [-0.05, 0) is 60.5 Å². The van der Waals surface area contributed by atoms with E-state index in [-0.39, 0.29) is 11.8 Å². The molecular formula is C22H20N2O2. The number of anilines is 2. The zero-order valence-corrected chi connectivity index (χ0v) is 14.5. The minimum atomic E-state index is -0.168. The smallest absolute Gasteiger partial charge is 0.255 e. The number of hydrogen-bond acceptors (Lipinski definition) is 2. The molecule has 26 heavy (non-hydrogen) atoms. The van der Waals surface area contributed by atoms with Crippen LogP contribution in [-0.2, 0) is 6.42 Å². The van der Waals surface area contributed by atoms with Gasteiger partial charge in [0.1, 0.15) is 0 Å². The first-order valence-electron chi connectivity index (χ1n) is 8.52. The Bertz CT molecular complexity index is 886. The molecule has 130 valence electrons. The average Bonchev–Trinajstić information content (AvgIpc) is 2.70. The van der Waals surface area contributed by atoms with Crippen molar-refractivity contribution in [3.63, 3.8) is 0 Å². The second kappa shape index (κ2) is 8.12. The summed E-state index contributed by atoms with van der Waals surface area (Å²) in [6, 6.07) is 23.6. The van der Waals surface area contributed by atoms with Gasteiger partial charge in [0.15, 0.2) is 0 Å². The number of hydrogen-bond donors (Lipinski definition) is 2. The number of amides is 2. The number of aryl methyl sites for hydroxylation is 1. The molecule has 3 rings (SSSR count). The van der Waals surface area contributed by atoms with E-state index in [1.807, 2.05) is 42.5 Å². The second-order valence-electron chi connectivity index (χ2n) is 5.90. The second-order valence-corrected chi connectivity index (χ2v) is 5.90. The van der Waals surface area contributed by atoms with Crippen molar-refractivity contribution in [2.75, 3.05) is 10.6 Å². The number of carbonyl (C=O) groups excluding carboxylic acids is 2. The van der Waals surface area contributed by atoms with Gasteiger partial charge in [-0.3, -0.25) is 9.59 Å². The standard InChI is InChI=1S/C22H20N2O2/c1-2-16-8-10-18(11-9-16)22(26)24-20-14-12-19(13-15-20)23-21(25)17-6-4-3-5-7-17/h3-15H,2H2,1H3,(H,23,25)(H,24,26). The summed E-state index contributed by atoms with van der Waals surface area (Å²) >= 11 is 0. The third-order valence-corrected chi connectivity index (χ3v) is 4.06. The Morgan fingerprint density at radius 3 is 1.58 bits per heavy atom. The molecule has 0 aromatic heterocycles. The summed E-state index contributed by atoms with van der Waals surface area (Å²) in [6.07, 6.45) is 0.943. The van der Waals surface area contributed by atoms with Crippen LogP contribution in [0, 0.1) is 0 Å². The molecule has 0 radical (unpaired) electrons. The van der Waals surface area contributed by atoms with Crippen LogP contribution in [-0.4, -0.2) is 11.8 Å². The van der Waals surface area contributed by atoms with E-state index in [1.54, 1.807) is 36.4 Å². The summed E-state index contributed by atoms with van der Waals surface area (Å²) in [5.74, 6) is -0.327. The Labute approximate surface area is 152 Å². The Morgan fingerprint density at radius 2 is 1.12 bits per heavy atom. The number of benzene rings is 3.